The Balaban J connectivity index is 2.61. The van der Waals surface area contributed by atoms with Crippen molar-refractivity contribution < 1.29 is 4.74 Å². The number of ether oxygens (including phenoxy) is 1. The number of H-pyrrole nitrogens is 1. The van der Waals surface area contributed by atoms with Crippen molar-refractivity contribution in [2.45, 2.75) is 13.0 Å². The van der Waals surface area contributed by atoms with Gasteiger partial charge in [0.05, 0.1) is 18.8 Å². The SMILES string of the molecule is CCOCC(NN)c1cn[nH]c1N. The van der Waals surface area contributed by atoms with Crippen LogP contribution in [0.15, 0.2) is 6.20 Å². The van der Waals surface area contributed by atoms with Gasteiger partial charge in [-0.1, -0.05) is 0 Å². The van der Waals surface area contributed by atoms with Crippen LogP contribution in [0.5, 0.6) is 0 Å². The smallest absolute Gasteiger partial charge is 0.123 e. The standard InChI is InChI=1S/C7H15N5O/c1-2-13-4-6(11-9)5-3-10-12-7(5)8/h3,6,11H,2,4,9H2,1H3,(H3,8,10,12). The molecule has 1 atom stereocenters. The minimum atomic E-state index is -0.112. The van der Waals surface area contributed by atoms with Gasteiger partial charge in [0.1, 0.15) is 5.82 Å². The summed E-state index contributed by atoms with van der Waals surface area (Å²) in [7, 11) is 0. The Bertz CT molecular complexity index is 249. The lowest BCUT2D eigenvalue weighted by atomic mass is 10.2. The fourth-order valence-electron chi connectivity index (χ4n) is 1.05. The van der Waals surface area contributed by atoms with E-state index in [1.54, 1.807) is 6.20 Å². The van der Waals surface area contributed by atoms with E-state index >= 15 is 0 Å². The van der Waals surface area contributed by atoms with Crippen LogP contribution < -0.4 is 17.0 Å². The summed E-state index contributed by atoms with van der Waals surface area (Å²) in [6.07, 6.45) is 1.64. The van der Waals surface area contributed by atoms with Crippen molar-refractivity contribution in [3.05, 3.63) is 11.8 Å². The zero-order valence-corrected chi connectivity index (χ0v) is 7.58. The van der Waals surface area contributed by atoms with Crippen molar-refractivity contribution in [3.63, 3.8) is 0 Å². The molecule has 0 saturated carbocycles. The van der Waals surface area contributed by atoms with Gasteiger partial charge in [0.25, 0.3) is 0 Å². The molecule has 0 saturated heterocycles. The van der Waals surface area contributed by atoms with Crippen LogP contribution in [0.1, 0.15) is 18.5 Å². The molecule has 0 amide bonds. The van der Waals surface area contributed by atoms with Crippen molar-refractivity contribution in [3.8, 4) is 0 Å². The molecule has 6 heteroatoms. The van der Waals surface area contributed by atoms with E-state index in [1.165, 1.54) is 0 Å². The number of rotatable bonds is 5. The summed E-state index contributed by atoms with van der Waals surface area (Å²) in [5.74, 6) is 5.86. The number of aromatic nitrogens is 2. The van der Waals surface area contributed by atoms with Crippen LogP contribution in [0, 0.1) is 0 Å². The molecule has 1 aromatic rings. The molecular formula is C7H15N5O. The van der Waals surface area contributed by atoms with Gasteiger partial charge in [0, 0.05) is 12.2 Å². The molecule has 0 aliphatic rings. The fraction of sp³-hybridized carbons (Fsp3) is 0.571. The van der Waals surface area contributed by atoms with Gasteiger partial charge in [0.2, 0.25) is 0 Å². The van der Waals surface area contributed by atoms with Crippen LogP contribution in [-0.4, -0.2) is 23.4 Å². The number of nitrogen functional groups attached to an aromatic ring is 1. The summed E-state index contributed by atoms with van der Waals surface area (Å²) >= 11 is 0. The normalized spacial score (nSPS) is 13.1. The second-order valence-electron chi connectivity index (χ2n) is 2.62. The maximum absolute atomic E-state index is 5.62. The first-order valence-electron chi connectivity index (χ1n) is 4.12. The number of hydrogen-bond donors (Lipinski definition) is 4. The Morgan fingerprint density at radius 2 is 2.54 bits per heavy atom. The highest BCUT2D eigenvalue weighted by Gasteiger charge is 2.13. The quantitative estimate of drug-likeness (QED) is 0.367. The summed E-state index contributed by atoms with van der Waals surface area (Å²) in [4.78, 5) is 0. The van der Waals surface area contributed by atoms with E-state index in [1.807, 2.05) is 6.92 Å². The zero-order valence-electron chi connectivity index (χ0n) is 7.58. The molecule has 0 fully saturated rings. The number of hydrazine groups is 1. The van der Waals surface area contributed by atoms with Crippen molar-refractivity contribution >= 4 is 5.82 Å². The number of nitrogens with two attached hydrogens (primary N) is 2. The van der Waals surface area contributed by atoms with Gasteiger partial charge in [-0.15, -0.1) is 0 Å². The molecule has 0 bridgehead atoms. The van der Waals surface area contributed by atoms with Gasteiger partial charge >= 0.3 is 0 Å². The molecule has 13 heavy (non-hydrogen) atoms. The first-order valence-corrected chi connectivity index (χ1v) is 4.12. The number of nitrogens with zero attached hydrogens (tertiary/aromatic N) is 1. The number of hydrogen-bond acceptors (Lipinski definition) is 5. The number of nitrogens with one attached hydrogen (secondary N) is 2. The molecule has 0 spiro atoms. The predicted molar refractivity (Wildman–Crippen MR) is 49.6 cm³/mol. The summed E-state index contributed by atoms with van der Waals surface area (Å²) in [5, 5.41) is 6.43. The van der Waals surface area contributed by atoms with Crippen LogP contribution in [0.4, 0.5) is 5.82 Å². The van der Waals surface area contributed by atoms with E-state index in [2.05, 4.69) is 15.6 Å². The van der Waals surface area contributed by atoms with Crippen LogP contribution >= 0.6 is 0 Å². The molecule has 1 aromatic heterocycles. The molecule has 0 radical (unpaired) electrons. The molecular weight excluding hydrogens is 170 g/mol. The number of aromatic amines is 1. The van der Waals surface area contributed by atoms with E-state index in [0.717, 1.165) is 5.56 Å². The Labute approximate surface area is 76.6 Å². The molecule has 6 nitrogen and oxygen atoms in total. The molecule has 6 N–H and O–H groups in total. The van der Waals surface area contributed by atoms with Crippen LogP contribution in [0.2, 0.25) is 0 Å². The largest absolute Gasteiger partial charge is 0.384 e. The summed E-state index contributed by atoms with van der Waals surface area (Å²) in [6, 6.07) is -0.112. The lowest BCUT2D eigenvalue weighted by molar-refractivity contribution is 0.123. The van der Waals surface area contributed by atoms with E-state index in [9.17, 15) is 0 Å². The Morgan fingerprint density at radius 3 is 3.00 bits per heavy atom. The first kappa shape index (κ1) is 9.97. The van der Waals surface area contributed by atoms with Gasteiger partial charge in [-0.05, 0) is 6.92 Å². The fourth-order valence-corrected chi connectivity index (χ4v) is 1.05. The van der Waals surface area contributed by atoms with E-state index in [-0.39, 0.29) is 6.04 Å². The third kappa shape index (κ3) is 2.41. The zero-order chi connectivity index (χ0) is 9.68. The van der Waals surface area contributed by atoms with Crippen LogP contribution in [0.3, 0.4) is 0 Å². The van der Waals surface area contributed by atoms with Gasteiger partial charge < -0.3 is 10.5 Å². The minimum absolute atomic E-state index is 0.112. The van der Waals surface area contributed by atoms with E-state index in [0.29, 0.717) is 19.0 Å². The summed E-state index contributed by atoms with van der Waals surface area (Å²) in [6.45, 7) is 3.05. The Kier molecular flexibility index (Phi) is 3.69. The minimum Gasteiger partial charge on any atom is -0.384 e. The molecule has 0 aromatic carbocycles. The van der Waals surface area contributed by atoms with Gasteiger partial charge in [-0.3, -0.25) is 16.4 Å². The highest BCUT2D eigenvalue weighted by atomic mass is 16.5. The summed E-state index contributed by atoms with van der Waals surface area (Å²) < 4.78 is 5.23. The molecule has 0 aliphatic heterocycles. The molecule has 1 unspecified atom stereocenters. The van der Waals surface area contributed by atoms with Gasteiger partial charge in [-0.25, -0.2) is 0 Å². The van der Waals surface area contributed by atoms with Gasteiger partial charge in [0.15, 0.2) is 0 Å². The maximum atomic E-state index is 5.62. The summed E-state index contributed by atoms with van der Waals surface area (Å²) in [5.41, 5.74) is 9.06. The first-order chi connectivity index (χ1) is 6.29. The maximum Gasteiger partial charge on any atom is 0.123 e. The topological polar surface area (TPSA) is 102 Å². The average Bonchev–Trinajstić information content (AvgIpc) is 2.54. The third-order valence-electron chi connectivity index (χ3n) is 1.76. The van der Waals surface area contributed by atoms with Crippen molar-refractivity contribution in [2.24, 2.45) is 5.84 Å². The predicted octanol–water partition coefficient (Wildman–Crippen LogP) is -0.467. The molecule has 0 aliphatic carbocycles. The highest BCUT2D eigenvalue weighted by molar-refractivity contribution is 5.39. The second-order valence-corrected chi connectivity index (χ2v) is 2.62. The van der Waals surface area contributed by atoms with Crippen molar-refractivity contribution in [2.75, 3.05) is 18.9 Å². The Morgan fingerprint density at radius 1 is 1.77 bits per heavy atom. The molecule has 1 heterocycles. The van der Waals surface area contributed by atoms with Crippen molar-refractivity contribution in [1.29, 1.82) is 0 Å². The Hall–Kier alpha value is -1.11. The molecule has 74 valence electrons. The lowest BCUT2D eigenvalue weighted by Gasteiger charge is -2.14. The average molecular weight is 185 g/mol. The molecule has 1 rings (SSSR count). The lowest BCUT2D eigenvalue weighted by Crippen LogP contribution is -2.31. The van der Waals surface area contributed by atoms with Crippen LogP contribution in [0.25, 0.3) is 0 Å². The number of anilines is 1. The van der Waals surface area contributed by atoms with E-state index in [4.69, 9.17) is 16.3 Å². The third-order valence-corrected chi connectivity index (χ3v) is 1.76. The van der Waals surface area contributed by atoms with Crippen LogP contribution in [-0.2, 0) is 4.74 Å². The highest BCUT2D eigenvalue weighted by Crippen LogP contribution is 2.16. The second kappa shape index (κ2) is 4.80. The van der Waals surface area contributed by atoms with Gasteiger partial charge in [-0.2, -0.15) is 5.10 Å². The van der Waals surface area contributed by atoms with E-state index < -0.39 is 0 Å². The monoisotopic (exact) mass is 185 g/mol. The van der Waals surface area contributed by atoms with Crippen molar-refractivity contribution in [1.82, 2.24) is 15.6 Å².